The Morgan fingerprint density at radius 2 is 1.81 bits per heavy atom. The molecule has 3 aliphatic rings. The van der Waals surface area contributed by atoms with Gasteiger partial charge in [-0.2, -0.15) is 0 Å². The molecule has 3 rings (SSSR count). The van der Waals surface area contributed by atoms with E-state index in [4.69, 9.17) is 4.99 Å². The molecule has 1 spiro atoms. The van der Waals surface area contributed by atoms with Gasteiger partial charge in [0.25, 0.3) is 5.91 Å². The van der Waals surface area contributed by atoms with E-state index in [0.717, 1.165) is 24.6 Å². The van der Waals surface area contributed by atoms with Crippen LogP contribution in [-0.2, 0) is 15.7 Å². The van der Waals surface area contributed by atoms with Crippen LogP contribution in [0.2, 0.25) is 0 Å². The van der Waals surface area contributed by atoms with Crippen LogP contribution in [0.4, 0.5) is 0 Å². The molecule has 0 aromatic heterocycles. The van der Waals surface area contributed by atoms with E-state index in [9.17, 15) is 13.2 Å². The molecular formula is C14H23N3O3S. The van der Waals surface area contributed by atoms with Gasteiger partial charge in [-0.1, -0.05) is 19.8 Å². The highest BCUT2D eigenvalue weighted by Crippen LogP contribution is 2.35. The maximum atomic E-state index is 12.3. The van der Waals surface area contributed by atoms with Crippen LogP contribution in [0.25, 0.3) is 0 Å². The maximum absolute atomic E-state index is 12.3. The van der Waals surface area contributed by atoms with Crippen molar-refractivity contribution in [2.45, 2.75) is 51.0 Å². The SMILES string of the molecule is CC1CCC(C2=NC3(CCN([SH](=O)=O)CC3)C(=O)N2)CC1. The summed E-state index contributed by atoms with van der Waals surface area (Å²) in [6.07, 6.45) is 5.56. The fourth-order valence-corrected chi connectivity index (χ4v) is 4.16. The summed E-state index contributed by atoms with van der Waals surface area (Å²) in [5.74, 6) is 1.96. The summed E-state index contributed by atoms with van der Waals surface area (Å²) in [6, 6.07) is 0. The van der Waals surface area contributed by atoms with Gasteiger partial charge in [0.2, 0.25) is 10.9 Å². The molecule has 0 radical (unpaired) electrons. The number of nitrogens with one attached hydrogen (secondary N) is 1. The molecule has 1 saturated heterocycles. The molecule has 0 aromatic rings. The predicted octanol–water partition coefficient (Wildman–Crippen LogP) is 0.702. The van der Waals surface area contributed by atoms with Crippen molar-refractivity contribution in [1.29, 1.82) is 0 Å². The molecule has 2 fully saturated rings. The number of carbonyl (C=O) groups is 1. The summed E-state index contributed by atoms with van der Waals surface area (Å²) >= 11 is 0. The molecule has 118 valence electrons. The Morgan fingerprint density at radius 3 is 2.38 bits per heavy atom. The van der Waals surface area contributed by atoms with Crippen molar-refractivity contribution in [3.63, 3.8) is 0 Å². The molecule has 2 heterocycles. The van der Waals surface area contributed by atoms with E-state index in [1.54, 1.807) is 0 Å². The van der Waals surface area contributed by atoms with Crippen LogP contribution in [0.15, 0.2) is 4.99 Å². The number of amides is 1. The molecule has 7 heteroatoms. The molecule has 2 aliphatic heterocycles. The van der Waals surface area contributed by atoms with E-state index in [1.807, 2.05) is 0 Å². The van der Waals surface area contributed by atoms with Crippen molar-refractivity contribution >= 4 is 22.6 Å². The van der Waals surface area contributed by atoms with E-state index in [0.29, 0.717) is 31.8 Å². The fourth-order valence-electron chi connectivity index (χ4n) is 3.64. The summed E-state index contributed by atoms with van der Waals surface area (Å²) in [5, 5.41) is 2.98. The monoisotopic (exact) mass is 313 g/mol. The third-order valence-electron chi connectivity index (χ3n) is 5.20. The largest absolute Gasteiger partial charge is 0.312 e. The lowest BCUT2D eigenvalue weighted by Gasteiger charge is -2.32. The molecular weight excluding hydrogens is 290 g/mol. The zero-order valence-electron chi connectivity index (χ0n) is 12.4. The molecule has 6 nitrogen and oxygen atoms in total. The quantitative estimate of drug-likeness (QED) is 0.737. The molecule has 1 N–H and O–H groups in total. The minimum absolute atomic E-state index is 0.0307. The van der Waals surface area contributed by atoms with Crippen LogP contribution in [0, 0.1) is 11.8 Å². The van der Waals surface area contributed by atoms with Crippen LogP contribution >= 0.6 is 0 Å². The van der Waals surface area contributed by atoms with Gasteiger partial charge in [-0.25, -0.2) is 12.7 Å². The van der Waals surface area contributed by atoms with Crippen molar-refractivity contribution in [3.05, 3.63) is 0 Å². The van der Waals surface area contributed by atoms with E-state index in [-0.39, 0.29) is 5.91 Å². The summed E-state index contributed by atoms with van der Waals surface area (Å²) < 4.78 is 23.4. The molecule has 1 saturated carbocycles. The van der Waals surface area contributed by atoms with Crippen LogP contribution in [0.1, 0.15) is 45.4 Å². The first-order valence-corrected chi connectivity index (χ1v) is 8.94. The molecule has 0 atom stereocenters. The van der Waals surface area contributed by atoms with Crippen molar-refractivity contribution in [3.8, 4) is 0 Å². The van der Waals surface area contributed by atoms with Crippen LogP contribution < -0.4 is 5.32 Å². The third kappa shape index (κ3) is 2.85. The highest BCUT2D eigenvalue weighted by molar-refractivity contribution is 7.69. The number of hydrogen-bond acceptors (Lipinski definition) is 4. The van der Waals surface area contributed by atoms with Crippen LogP contribution in [0.3, 0.4) is 0 Å². The van der Waals surface area contributed by atoms with Crippen molar-refractivity contribution in [2.24, 2.45) is 16.8 Å². The second-order valence-corrected chi connectivity index (χ2v) is 7.67. The number of aliphatic imine (C=N–C) groups is 1. The Hall–Kier alpha value is -0.950. The molecule has 0 bridgehead atoms. The lowest BCUT2D eigenvalue weighted by Crippen LogP contribution is -2.48. The van der Waals surface area contributed by atoms with Crippen molar-refractivity contribution in [1.82, 2.24) is 9.62 Å². The summed E-state index contributed by atoms with van der Waals surface area (Å²) in [6.45, 7) is 3.06. The standard InChI is InChI=1S/C14H23N3O3S/c1-10-2-4-11(5-3-10)12-15-13(18)14(16-12)6-8-17(9-7-14)21(19)20/h10-11,21H,2-9H2,1H3,(H,15,16,18). The van der Waals surface area contributed by atoms with Gasteiger partial charge < -0.3 is 5.32 Å². The van der Waals surface area contributed by atoms with Gasteiger partial charge in [0, 0.05) is 19.0 Å². The van der Waals surface area contributed by atoms with Gasteiger partial charge in [-0.15, -0.1) is 0 Å². The van der Waals surface area contributed by atoms with Crippen LogP contribution in [0.5, 0.6) is 0 Å². The van der Waals surface area contributed by atoms with Gasteiger partial charge in [0.1, 0.15) is 11.4 Å². The molecule has 0 aromatic carbocycles. The Morgan fingerprint density at radius 1 is 1.19 bits per heavy atom. The van der Waals surface area contributed by atoms with Crippen molar-refractivity contribution in [2.75, 3.05) is 13.1 Å². The molecule has 1 aliphatic carbocycles. The van der Waals surface area contributed by atoms with E-state index < -0.39 is 16.4 Å². The number of hydrogen-bond donors (Lipinski definition) is 2. The summed E-state index contributed by atoms with van der Waals surface area (Å²) in [5.41, 5.74) is -0.708. The number of piperidine rings is 1. The average Bonchev–Trinajstić information content (AvgIpc) is 2.77. The van der Waals surface area contributed by atoms with Gasteiger partial charge in [0.15, 0.2) is 0 Å². The van der Waals surface area contributed by atoms with Gasteiger partial charge in [0.05, 0.1) is 0 Å². The molecule has 21 heavy (non-hydrogen) atoms. The Balaban J connectivity index is 1.71. The first-order chi connectivity index (χ1) is 10.00. The molecule has 1 amide bonds. The molecule has 0 unspecified atom stereocenters. The zero-order valence-corrected chi connectivity index (χ0v) is 13.3. The number of thiol groups is 1. The van der Waals surface area contributed by atoms with E-state index >= 15 is 0 Å². The number of amidine groups is 1. The van der Waals surface area contributed by atoms with E-state index in [2.05, 4.69) is 12.2 Å². The number of nitrogens with zero attached hydrogens (tertiary/aromatic N) is 2. The second kappa shape index (κ2) is 5.68. The average molecular weight is 313 g/mol. The maximum Gasteiger partial charge on any atom is 0.253 e. The second-order valence-electron chi connectivity index (χ2n) is 6.63. The summed E-state index contributed by atoms with van der Waals surface area (Å²) in [4.78, 5) is 17.1. The minimum atomic E-state index is -2.54. The predicted molar refractivity (Wildman–Crippen MR) is 80.6 cm³/mol. The van der Waals surface area contributed by atoms with Gasteiger partial charge in [-0.05, 0) is 31.6 Å². The lowest BCUT2D eigenvalue weighted by molar-refractivity contribution is -0.124. The van der Waals surface area contributed by atoms with E-state index in [1.165, 1.54) is 17.1 Å². The number of rotatable bonds is 2. The van der Waals surface area contributed by atoms with Crippen LogP contribution in [-0.4, -0.2) is 43.1 Å². The lowest BCUT2D eigenvalue weighted by atomic mass is 9.82. The topological polar surface area (TPSA) is 78.8 Å². The van der Waals surface area contributed by atoms with Gasteiger partial charge in [-0.3, -0.25) is 9.79 Å². The summed E-state index contributed by atoms with van der Waals surface area (Å²) in [7, 11) is -2.54. The first-order valence-electron chi connectivity index (χ1n) is 7.81. The zero-order chi connectivity index (χ0) is 15.0. The number of carbonyl (C=O) groups excluding carboxylic acids is 1. The minimum Gasteiger partial charge on any atom is -0.312 e. The van der Waals surface area contributed by atoms with Gasteiger partial charge >= 0.3 is 0 Å². The normalized spacial score (nSPS) is 33.2. The first kappa shape index (κ1) is 15.0. The third-order valence-corrected chi connectivity index (χ3v) is 6.06. The van der Waals surface area contributed by atoms with Crippen molar-refractivity contribution < 1.29 is 13.2 Å². The fraction of sp³-hybridized carbons (Fsp3) is 0.857. The Bertz CT molecular complexity index is 520. The smallest absolute Gasteiger partial charge is 0.253 e. The highest BCUT2D eigenvalue weighted by Gasteiger charge is 2.47. The Kier molecular flexibility index (Phi) is 4.05. The highest BCUT2D eigenvalue weighted by atomic mass is 32.2. The Labute approximate surface area is 127 Å².